The van der Waals surface area contributed by atoms with Gasteiger partial charge in [0.1, 0.15) is 0 Å². The molecule has 2 aromatic carbocycles. The van der Waals surface area contributed by atoms with Crippen LogP contribution in [0.4, 0.5) is 11.4 Å². The molecule has 1 saturated heterocycles. The van der Waals surface area contributed by atoms with Crippen LogP contribution in [-0.2, 0) is 20.6 Å². The molecule has 0 unspecified atom stereocenters. The molecule has 0 spiro atoms. The van der Waals surface area contributed by atoms with E-state index in [9.17, 15) is 23.3 Å². The molecule has 1 N–H and O–H groups in total. The van der Waals surface area contributed by atoms with E-state index >= 15 is 0 Å². The predicted octanol–water partition coefficient (Wildman–Crippen LogP) is 3.85. The Morgan fingerprint density at radius 3 is 2.53 bits per heavy atom. The number of nitro benzene ring substituents is 1. The molecule has 1 amide bonds. The van der Waals surface area contributed by atoms with Crippen LogP contribution in [0.1, 0.15) is 24.0 Å². The molecule has 0 atom stereocenters. The van der Waals surface area contributed by atoms with Crippen LogP contribution in [0.2, 0.25) is 0 Å². The molecule has 0 bridgehead atoms. The maximum absolute atomic E-state index is 12.7. The highest BCUT2D eigenvalue weighted by Gasteiger charge is 2.31. The summed E-state index contributed by atoms with van der Waals surface area (Å²) in [6.07, 6.45) is 0.801. The molecule has 2 aromatic rings. The van der Waals surface area contributed by atoms with Gasteiger partial charge in [-0.3, -0.25) is 14.9 Å². The standard InChI is InChI=1S/C20H22BrN3O5S/c1-14-18(6-3-7-19(14)24(26)27)22-20(25)16-8-10-23(11-9-16)30(28,29)13-15-4-2-5-17(21)12-15/h2-7,12,16H,8-11,13H2,1H3,(H,22,25). The highest BCUT2D eigenvalue weighted by atomic mass is 79.9. The fourth-order valence-electron chi connectivity index (χ4n) is 3.52. The first-order chi connectivity index (χ1) is 14.2. The van der Waals surface area contributed by atoms with Crippen molar-refractivity contribution in [2.45, 2.75) is 25.5 Å². The molecule has 160 valence electrons. The van der Waals surface area contributed by atoms with Gasteiger partial charge in [0.15, 0.2) is 0 Å². The van der Waals surface area contributed by atoms with E-state index in [1.807, 2.05) is 6.07 Å². The monoisotopic (exact) mass is 495 g/mol. The van der Waals surface area contributed by atoms with Crippen LogP contribution < -0.4 is 5.32 Å². The summed E-state index contributed by atoms with van der Waals surface area (Å²) in [6, 6.07) is 11.7. The van der Waals surface area contributed by atoms with Crippen molar-refractivity contribution in [1.82, 2.24) is 4.31 Å². The van der Waals surface area contributed by atoms with Gasteiger partial charge in [-0.25, -0.2) is 12.7 Å². The summed E-state index contributed by atoms with van der Waals surface area (Å²) in [5.74, 6) is -0.681. The van der Waals surface area contributed by atoms with E-state index < -0.39 is 14.9 Å². The highest BCUT2D eigenvalue weighted by Crippen LogP contribution is 2.28. The second-order valence-electron chi connectivity index (χ2n) is 7.26. The average molecular weight is 496 g/mol. The second-order valence-corrected chi connectivity index (χ2v) is 10.1. The summed E-state index contributed by atoms with van der Waals surface area (Å²) >= 11 is 3.34. The highest BCUT2D eigenvalue weighted by molar-refractivity contribution is 9.10. The second kappa shape index (κ2) is 9.23. The van der Waals surface area contributed by atoms with E-state index in [1.165, 1.54) is 16.4 Å². The SMILES string of the molecule is Cc1c(NC(=O)C2CCN(S(=O)(=O)Cc3cccc(Br)c3)CC2)cccc1[N+](=O)[O-]. The topological polar surface area (TPSA) is 110 Å². The lowest BCUT2D eigenvalue weighted by molar-refractivity contribution is -0.385. The Bertz CT molecular complexity index is 1070. The van der Waals surface area contributed by atoms with Crippen LogP contribution in [-0.4, -0.2) is 36.6 Å². The molecule has 1 heterocycles. The summed E-state index contributed by atoms with van der Waals surface area (Å²) in [5.41, 5.74) is 1.44. The Labute approximate surface area is 183 Å². The van der Waals surface area contributed by atoms with Gasteiger partial charge in [-0.2, -0.15) is 0 Å². The quantitative estimate of drug-likeness (QED) is 0.483. The van der Waals surface area contributed by atoms with E-state index in [4.69, 9.17) is 0 Å². The number of amides is 1. The number of hydrogen-bond donors (Lipinski definition) is 1. The first kappa shape index (κ1) is 22.4. The minimum absolute atomic E-state index is 0.0544. The Kier molecular flexibility index (Phi) is 6.89. The van der Waals surface area contributed by atoms with Gasteiger partial charge in [-0.15, -0.1) is 0 Å². The molecule has 0 radical (unpaired) electrons. The lowest BCUT2D eigenvalue weighted by Crippen LogP contribution is -2.41. The number of nitro groups is 1. The Hall–Kier alpha value is -2.30. The number of carbonyl (C=O) groups is 1. The molecule has 8 nitrogen and oxygen atoms in total. The maximum Gasteiger partial charge on any atom is 0.274 e. The Morgan fingerprint density at radius 2 is 1.90 bits per heavy atom. The Balaban J connectivity index is 1.60. The molecule has 1 fully saturated rings. The zero-order valence-corrected chi connectivity index (χ0v) is 18.8. The number of benzene rings is 2. The molecule has 10 heteroatoms. The van der Waals surface area contributed by atoms with E-state index in [2.05, 4.69) is 21.2 Å². The lowest BCUT2D eigenvalue weighted by atomic mass is 9.97. The number of anilines is 1. The number of rotatable bonds is 6. The lowest BCUT2D eigenvalue weighted by Gasteiger charge is -2.30. The van der Waals surface area contributed by atoms with Gasteiger partial charge in [0.05, 0.1) is 21.9 Å². The number of piperidine rings is 1. The van der Waals surface area contributed by atoms with E-state index in [-0.39, 0.29) is 36.4 Å². The van der Waals surface area contributed by atoms with Crippen molar-refractivity contribution < 1.29 is 18.1 Å². The molecule has 1 aliphatic rings. The number of carbonyl (C=O) groups excluding carboxylic acids is 1. The summed E-state index contributed by atoms with van der Waals surface area (Å²) in [4.78, 5) is 23.2. The van der Waals surface area contributed by atoms with Crippen molar-refractivity contribution in [1.29, 1.82) is 0 Å². The zero-order chi connectivity index (χ0) is 21.9. The largest absolute Gasteiger partial charge is 0.325 e. The number of hydrogen-bond acceptors (Lipinski definition) is 5. The molecule has 0 saturated carbocycles. The van der Waals surface area contributed by atoms with Crippen molar-refractivity contribution in [3.8, 4) is 0 Å². The number of halogens is 1. The van der Waals surface area contributed by atoms with Gasteiger partial charge in [0.25, 0.3) is 5.69 Å². The van der Waals surface area contributed by atoms with Crippen molar-refractivity contribution in [3.63, 3.8) is 0 Å². The van der Waals surface area contributed by atoms with Gasteiger partial charge in [-0.05, 0) is 43.5 Å². The third kappa shape index (κ3) is 5.24. The molecule has 0 aromatic heterocycles. The number of sulfonamides is 1. The number of nitrogens with zero attached hydrogens (tertiary/aromatic N) is 2. The molecule has 1 aliphatic heterocycles. The van der Waals surface area contributed by atoms with Crippen LogP contribution in [0.5, 0.6) is 0 Å². The van der Waals surface area contributed by atoms with Gasteiger partial charge in [-0.1, -0.05) is 34.1 Å². The third-order valence-electron chi connectivity index (χ3n) is 5.22. The van der Waals surface area contributed by atoms with Crippen LogP contribution in [0.15, 0.2) is 46.9 Å². The van der Waals surface area contributed by atoms with Gasteiger partial charge < -0.3 is 5.32 Å². The Morgan fingerprint density at radius 1 is 1.23 bits per heavy atom. The molecular weight excluding hydrogens is 474 g/mol. The summed E-state index contributed by atoms with van der Waals surface area (Å²) in [7, 11) is -3.48. The average Bonchev–Trinajstić information content (AvgIpc) is 2.69. The van der Waals surface area contributed by atoms with Gasteiger partial charge >= 0.3 is 0 Å². The summed E-state index contributed by atoms with van der Waals surface area (Å²) in [6.45, 7) is 2.12. The molecular formula is C20H22BrN3O5S. The molecule has 30 heavy (non-hydrogen) atoms. The summed E-state index contributed by atoms with van der Waals surface area (Å²) in [5, 5.41) is 13.8. The van der Waals surface area contributed by atoms with Crippen molar-refractivity contribution >= 4 is 43.2 Å². The fourth-order valence-corrected chi connectivity index (χ4v) is 5.51. The minimum Gasteiger partial charge on any atom is -0.325 e. The van der Waals surface area contributed by atoms with Crippen molar-refractivity contribution in [2.24, 2.45) is 5.92 Å². The van der Waals surface area contributed by atoms with Crippen LogP contribution in [0.25, 0.3) is 0 Å². The molecule has 3 rings (SSSR count). The van der Waals surface area contributed by atoms with E-state index in [0.29, 0.717) is 29.7 Å². The van der Waals surface area contributed by atoms with E-state index in [1.54, 1.807) is 31.2 Å². The maximum atomic E-state index is 12.7. The fraction of sp³-hybridized carbons (Fsp3) is 0.350. The van der Waals surface area contributed by atoms with Crippen molar-refractivity contribution in [2.75, 3.05) is 18.4 Å². The smallest absolute Gasteiger partial charge is 0.274 e. The third-order valence-corrected chi connectivity index (χ3v) is 7.56. The first-order valence-corrected chi connectivity index (χ1v) is 11.8. The van der Waals surface area contributed by atoms with Crippen molar-refractivity contribution in [3.05, 3.63) is 68.2 Å². The number of nitrogens with one attached hydrogen (secondary N) is 1. The normalized spacial score (nSPS) is 15.7. The van der Waals surface area contributed by atoms with Crippen LogP contribution in [0, 0.1) is 23.0 Å². The van der Waals surface area contributed by atoms with Gasteiger partial charge in [0, 0.05) is 29.5 Å². The van der Waals surface area contributed by atoms with E-state index in [0.717, 1.165) is 4.47 Å². The van der Waals surface area contributed by atoms with Crippen LogP contribution >= 0.6 is 15.9 Å². The summed E-state index contributed by atoms with van der Waals surface area (Å²) < 4.78 is 27.7. The predicted molar refractivity (Wildman–Crippen MR) is 118 cm³/mol. The molecule has 0 aliphatic carbocycles. The zero-order valence-electron chi connectivity index (χ0n) is 16.4. The van der Waals surface area contributed by atoms with Crippen LogP contribution in [0.3, 0.4) is 0 Å². The minimum atomic E-state index is -3.48. The van der Waals surface area contributed by atoms with Gasteiger partial charge in [0.2, 0.25) is 15.9 Å². The first-order valence-electron chi connectivity index (χ1n) is 9.44.